The highest BCUT2D eigenvalue weighted by molar-refractivity contribution is 9.09. The molecule has 1 rings (SSSR count). The van der Waals surface area contributed by atoms with Gasteiger partial charge in [-0.3, -0.25) is 4.90 Å². The van der Waals surface area contributed by atoms with Crippen molar-refractivity contribution in [1.29, 1.82) is 0 Å². The summed E-state index contributed by atoms with van der Waals surface area (Å²) in [6.45, 7) is 10.1. The molecule has 0 saturated carbocycles. The molecule has 17 heavy (non-hydrogen) atoms. The third kappa shape index (κ3) is 4.44. The average molecular weight is 298 g/mol. The van der Waals surface area contributed by atoms with E-state index in [1.54, 1.807) is 0 Å². The van der Waals surface area contributed by atoms with E-state index >= 15 is 0 Å². The van der Waals surface area contributed by atoms with E-state index in [4.69, 9.17) is 0 Å². The Labute approximate surface area is 114 Å². The fourth-order valence-corrected chi connectivity index (χ4v) is 2.06. The van der Waals surface area contributed by atoms with Crippen molar-refractivity contribution in [3.8, 4) is 0 Å². The fraction of sp³-hybridized carbons (Fsp3) is 0.600. The van der Waals surface area contributed by atoms with Crippen LogP contribution in [0.3, 0.4) is 0 Å². The van der Waals surface area contributed by atoms with E-state index in [0.717, 1.165) is 18.4 Å². The molecule has 0 heterocycles. The highest BCUT2D eigenvalue weighted by atomic mass is 79.9. The molecule has 2 heteroatoms. The summed E-state index contributed by atoms with van der Waals surface area (Å²) in [7, 11) is 2.13. The molecule has 0 N–H and O–H groups in total. The number of benzene rings is 1. The normalized spacial score (nSPS) is 12.2. The van der Waals surface area contributed by atoms with Gasteiger partial charge in [-0.05, 0) is 42.5 Å². The maximum atomic E-state index is 3.47. The molecule has 1 aromatic rings. The third-order valence-corrected chi connectivity index (χ3v) is 4.03. The number of nitrogens with zero attached hydrogens (tertiary/aromatic N) is 1. The molecule has 0 amide bonds. The first-order chi connectivity index (χ1) is 7.84. The molecule has 0 unspecified atom stereocenters. The summed E-state index contributed by atoms with van der Waals surface area (Å²) in [5.74, 6) is 0. The summed E-state index contributed by atoms with van der Waals surface area (Å²) in [6.07, 6.45) is 1.12. The van der Waals surface area contributed by atoms with Gasteiger partial charge in [-0.15, -0.1) is 0 Å². The van der Waals surface area contributed by atoms with Gasteiger partial charge in [0.25, 0.3) is 0 Å². The molecule has 0 aliphatic heterocycles. The van der Waals surface area contributed by atoms with E-state index < -0.39 is 0 Å². The second-order valence-corrected chi connectivity index (χ2v) is 6.34. The molecule has 0 radical (unpaired) electrons. The zero-order valence-corrected chi connectivity index (χ0v) is 13.3. The smallest absolute Gasteiger partial charge is 0.0539 e. The number of hydrogen-bond donors (Lipinski definition) is 0. The fourth-order valence-electron chi connectivity index (χ4n) is 1.81. The van der Waals surface area contributed by atoms with Gasteiger partial charge in [-0.25, -0.2) is 0 Å². The van der Waals surface area contributed by atoms with E-state index in [1.807, 2.05) is 0 Å². The Morgan fingerprint density at radius 2 is 1.88 bits per heavy atom. The Balaban J connectivity index is 2.77. The van der Waals surface area contributed by atoms with Crippen molar-refractivity contribution in [2.24, 2.45) is 0 Å². The molecule has 1 nitrogen and oxygen atoms in total. The summed E-state index contributed by atoms with van der Waals surface area (Å²) in [5.41, 5.74) is 5.49. The topological polar surface area (TPSA) is 3.24 Å². The summed E-state index contributed by atoms with van der Waals surface area (Å²) in [6, 6.07) is 6.90. The molecule has 0 atom stereocenters. The first-order valence-electron chi connectivity index (χ1n) is 6.19. The minimum absolute atomic E-state index is 0.246. The van der Waals surface area contributed by atoms with Gasteiger partial charge in [0.2, 0.25) is 0 Å². The van der Waals surface area contributed by atoms with Crippen LogP contribution in [0, 0.1) is 6.92 Å². The van der Waals surface area contributed by atoms with Crippen molar-refractivity contribution in [3.05, 3.63) is 34.9 Å². The molecule has 0 aromatic heterocycles. The Kier molecular flexibility index (Phi) is 5.21. The van der Waals surface area contributed by atoms with Gasteiger partial charge in [0.1, 0.15) is 0 Å². The monoisotopic (exact) mass is 297 g/mol. The molecule has 1 aromatic carbocycles. The Hall–Kier alpha value is -0.340. The molecule has 0 spiro atoms. The van der Waals surface area contributed by atoms with Gasteiger partial charge < -0.3 is 0 Å². The number of aryl methyl sites for hydroxylation is 1. The van der Waals surface area contributed by atoms with Gasteiger partial charge >= 0.3 is 0 Å². The predicted octanol–water partition coefficient (Wildman–Crippen LogP) is 4.12. The molecule has 0 saturated heterocycles. The van der Waals surface area contributed by atoms with Crippen molar-refractivity contribution in [1.82, 2.24) is 4.90 Å². The van der Waals surface area contributed by atoms with Crippen LogP contribution in [-0.2, 0) is 11.8 Å². The van der Waals surface area contributed by atoms with E-state index in [9.17, 15) is 0 Å². The summed E-state index contributed by atoms with van der Waals surface area (Å²) >= 11 is 3.47. The van der Waals surface area contributed by atoms with Gasteiger partial charge in [-0.2, -0.15) is 0 Å². The van der Waals surface area contributed by atoms with Crippen LogP contribution in [0.15, 0.2) is 18.2 Å². The van der Waals surface area contributed by atoms with Crippen LogP contribution in [-0.4, -0.2) is 23.9 Å². The number of alkyl halides is 1. The van der Waals surface area contributed by atoms with E-state index in [2.05, 4.69) is 73.8 Å². The molecular formula is C15H24BrN. The quantitative estimate of drug-likeness (QED) is 0.597. The van der Waals surface area contributed by atoms with Crippen molar-refractivity contribution < 1.29 is 0 Å². The average Bonchev–Trinajstić information content (AvgIpc) is 2.25. The number of hydrogen-bond acceptors (Lipinski definition) is 1. The highest BCUT2D eigenvalue weighted by Gasteiger charge is 2.14. The maximum absolute atomic E-state index is 3.47. The molecular weight excluding hydrogens is 274 g/mol. The predicted molar refractivity (Wildman–Crippen MR) is 80.0 cm³/mol. The van der Waals surface area contributed by atoms with Crippen LogP contribution >= 0.6 is 15.9 Å². The Bertz CT molecular complexity index is 366. The van der Waals surface area contributed by atoms with E-state index in [1.165, 1.54) is 16.7 Å². The van der Waals surface area contributed by atoms with Gasteiger partial charge in [0.05, 0.1) is 5.45 Å². The summed E-state index contributed by atoms with van der Waals surface area (Å²) in [5, 5.41) is 0. The number of halogens is 1. The summed E-state index contributed by atoms with van der Waals surface area (Å²) < 4.78 is 0. The zero-order chi connectivity index (χ0) is 13.1. The SMILES string of the molecule is Cc1cc(C(C)(C)C)ccc1CCN(C)CBr. The molecule has 96 valence electrons. The summed E-state index contributed by atoms with van der Waals surface area (Å²) in [4.78, 5) is 2.27. The van der Waals surface area contributed by atoms with Gasteiger partial charge in [0.15, 0.2) is 0 Å². The first kappa shape index (κ1) is 14.7. The maximum Gasteiger partial charge on any atom is 0.0539 e. The number of rotatable bonds is 4. The van der Waals surface area contributed by atoms with Crippen molar-refractivity contribution in [2.45, 2.75) is 39.5 Å². The van der Waals surface area contributed by atoms with Crippen LogP contribution in [0.4, 0.5) is 0 Å². The van der Waals surface area contributed by atoms with E-state index in [-0.39, 0.29) is 5.41 Å². The van der Waals surface area contributed by atoms with Crippen LogP contribution in [0.5, 0.6) is 0 Å². The van der Waals surface area contributed by atoms with Crippen molar-refractivity contribution in [2.75, 3.05) is 19.0 Å². The number of likely N-dealkylation sites (N-methyl/N-ethyl adjacent to an activating group) is 1. The van der Waals surface area contributed by atoms with Crippen molar-refractivity contribution in [3.63, 3.8) is 0 Å². The molecule has 0 aliphatic carbocycles. The lowest BCUT2D eigenvalue weighted by molar-refractivity contribution is 0.401. The first-order valence-corrected chi connectivity index (χ1v) is 7.31. The standard InChI is InChI=1S/C15H24BrN/c1-12-10-14(15(2,3)4)7-6-13(12)8-9-17(5)11-16/h6-7,10H,8-9,11H2,1-5H3. The Morgan fingerprint density at radius 1 is 1.24 bits per heavy atom. The lowest BCUT2D eigenvalue weighted by Gasteiger charge is -2.21. The second-order valence-electron chi connectivity index (χ2n) is 5.84. The molecule has 0 aliphatic rings. The van der Waals surface area contributed by atoms with E-state index in [0.29, 0.717) is 0 Å². The highest BCUT2D eigenvalue weighted by Crippen LogP contribution is 2.24. The lowest BCUT2D eigenvalue weighted by atomic mass is 9.85. The molecule has 0 bridgehead atoms. The van der Waals surface area contributed by atoms with Crippen LogP contribution < -0.4 is 0 Å². The van der Waals surface area contributed by atoms with Crippen LogP contribution in [0.25, 0.3) is 0 Å². The lowest BCUT2D eigenvalue weighted by Crippen LogP contribution is -2.19. The van der Waals surface area contributed by atoms with Gasteiger partial charge in [0, 0.05) is 6.54 Å². The minimum atomic E-state index is 0.246. The van der Waals surface area contributed by atoms with Crippen molar-refractivity contribution >= 4 is 15.9 Å². The molecule has 0 fully saturated rings. The van der Waals surface area contributed by atoms with Gasteiger partial charge in [-0.1, -0.05) is 54.9 Å². The van der Waals surface area contributed by atoms with Crippen LogP contribution in [0.1, 0.15) is 37.5 Å². The largest absolute Gasteiger partial charge is 0.296 e. The van der Waals surface area contributed by atoms with Crippen LogP contribution in [0.2, 0.25) is 0 Å². The Morgan fingerprint density at radius 3 is 2.35 bits per heavy atom. The second kappa shape index (κ2) is 6.01. The minimum Gasteiger partial charge on any atom is -0.296 e. The zero-order valence-electron chi connectivity index (χ0n) is 11.7. The third-order valence-electron chi connectivity index (χ3n) is 3.18.